The van der Waals surface area contributed by atoms with Gasteiger partial charge >= 0.3 is 0 Å². The predicted octanol–water partition coefficient (Wildman–Crippen LogP) is 2.11. The molecular weight excluding hydrogens is 213 g/mol. The van der Waals surface area contributed by atoms with Crippen molar-refractivity contribution in [3.05, 3.63) is 0 Å². The highest BCUT2D eigenvalue weighted by Gasteiger charge is 2.15. The van der Waals surface area contributed by atoms with E-state index in [2.05, 4.69) is 55.3 Å². The third-order valence-electron chi connectivity index (χ3n) is 1.38. The van der Waals surface area contributed by atoms with E-state index < -0.39 is 0 Å². The maximum absolute atomic E-state index is 2.43. The Bertz CT molecular complexity index is 65.4. The molecule has 0 aromatic carbocycles. The van der Waals surface area contributed by atoms with Crippen molar-refractivity contribution in [2.75, 3.05) is 13.6 Å². The monoisotopic (exact) mass is 227 g/mol. The molecule has 0 atom stereocenters. The molecule has 0 heterocycles. The molecule has 0 saturated heterocycles. The van der Waals surface area contributed by atoms with Crippen LogP contribution in [0.4, 0.5) is 0 Å². The maximum atomic E-state index is 2.43. The molecule has 1 nitrogen and oxygen atoms in total. The van der Waals surface area contributed by atoms with Gasteiger partial charge in [-0.3, -0.25) is 4.90 Å². The Morgan fingerprint density at radius 3 is 1.88 bits per heavy atom. The highest BCUT2D eigenvalue weighted by molar-refractivity contribution is 14.1. The predicted molar refractivity (Wildman–Crippen MR) is 46.4 cm³/mol. The summed E-state index contributed by atoms with van der Waals surface area (Å²) in [6.07, 6.45) is 0. The average Bonchev–Trinajstić information content (AvgIpc) is 1.62. The molecule has 0 radical (unpaired) electrons. The Morgan fingerprint density at radius 2 is 1.88 bits per heavy atom. The molecule has 0 aliphatic rings. The van der Waals surface area contributed by atoms with Gasteiger partial charge in [0.1, 0.15) is 0 Å². The summed E-state index contributed by atoms with van der Waals surface area (Å²) >= 11 is 2.43. The van der Waals surface area contributed by atoms with E-state index >= 15 is 0 Å². The fraction of sp³-hybridized carbons (Fsp3) is 1.00. The summed E-state index contributed by atoms with van der Waals surface area (Å²) in [5, 5.41) is 0. The lowest BCUT2D eigenvalue weighted by molar-refractivity contribution is 0.273. The van der Waals surface area contributed by atoms with Gasteiger partial charge in [0.2, 0.25) is 0 Å². The van der Waals surface area contributed by atoms with Crippen LogP contribution < -0.4 is 0 Å². The van der Waals surface area contributed by atoms with E-state index in [4.69, 9.17) is 0 Å². The minimum Gasteiger partial charge on any atom is -0.293 e. The quantitative estimate of drug-likeness (QED) is 0.396. The van der Waals surface area contributed by atoms with Gasteiger partial charge in [-0.15, -0.1) is 0 Å². The molecule has 2 heteroatoms. The van der Waals surface area contributed by atoms with E-state index in [1.165, 1.54) is 0 Å². The lowest BCUT2D eigenvalue weighted by Crippen LogP contribution is -2.34. The van der Waals surface area contributed by atoms with Crippen molar-refractivity contribution in [3.8, 4) is 0 Å². The number of alkyl halides is 1. The van der Waals surface area contributed by atoms with Gasteiger partial charge in [-0.25, -0.2) is 0 Å². The van der Waals surface area contributed by atoms with Crippen LogP contribution in [-0.2, 0) is 0 Å². The third kappa shape index (κ3) is 2.87. The Balaban J connectivity index is 3.62. The second-order valence-corrected chi connectivity index (χ2v) is 5.06. The van der Waals surface area contributed by atoms with Crippen molar-refractivity contribution in [1.29, 1.82) is 0 Å². The summed E-state index contributed by atoms with van der Waals surface area (Å²) in [4.78, 5) is 2.30. The second-order valence-electron chi connectivity index (χ2n) is 2.42. The molecule has 50 valence electrons. The standard InChI is InChI=1S/C6H14IN/c1-5-8(4)6(2,3)7/h5H2,1-4H3. The van der Waals surface area contributed by atoms with Crippen LogP contribution in [0.5, 0.6) is 0 Å². The van der Waals surface area contributed by atoms with Gasteiger partial charge in [0.05, 0.1) is 3.55 Å². The largest absolute Gasteiger partial charge is 0.293 e. The zero-order valence-corrected chi connectivity index (χ0v) is 8.19. The number of hydrogen-bond donors (Lipinski definition) is 0. The number of hydrogen-bond acceptors (Lipinski definition) is 1. The second kappa shape index (κ2) is 3.01. The molecule has 0 bridgehead atoms. The van der Waals surface area contributed by atoms with Gasteiger partial charge in [0.15, 0.2) is 0 Å². The van der Waals surface area contributed by atoms with Crippen LogP contribution in [0.1, 0.15) is 20.8 Å². The molecule has 0 aromatic rings. The van der Waals surface area contributed by atoms with Crippen LogP contribution in [0.3, 0.4) is 0 Å². The zero-order chi connectivity index (χ0) is 6.78. The van der Waals surface area contributed by atoms with E-state index in [1.807, 2.05) is 0 Å². The normalized spacial score (nSPS) is 12.8. The maximum Gasteiger partial charge on any atom is 0.0670 e. The Morgan fingerprint density at radius 1 is 1.50 bits per heavy atom. The summed E-state index contributed by atoms with van der Waals surface area (Å²) in [6.45, 7) is 7.70. The minimum absolute atomic E-state index is 0.312. The van der Waals surface area contributed by atoms with Crippen molar-refractivity contribution in [2.45, 2.75) is 24.3 Å². The Kier molecular flexibility index (Phi) is 3.27. The van der Waals surface area contributed by atoms with E-state index in [9.17, 15) is 0 Å². The molecule has 0 fully saturated rings. The molecule has 0 unspecified atom stereocenters. The molecular formula is C6H14IN. The van der Waals surface area contributed by atoms with Gasteiger partial charge in [-0.1, -0.05) is 29.5 Å². The van der Waals surface area contributed by atoms with Crippen LogP contribution in [0.15, 0.2) is 0 Å². The van der Waals surface area contributed by atoms with Crippen molar-refractivity contribution in [3.63, 3.8) is 0 Å². The Hall–Kier alpha value is 0.690. The fourth-order valence-electron chi connectivity index (χ4n) is 0.376. The van der Waals surface area contributed by atoms with E-state index in [-0.39, 0.29) is 0 Å². The summed E-state index contributed by atoms with van der Waals surface area (Å²) in [5.74, 6) is 0. The fourth-order valence-corrected chi connectivity index (χ4v) is 0.717. The first kappa shape index (κ1) is 8.69. The highest BCUT2D eigenvalue weighted by atomic mass is 127. The first-order valence-electron chi connectivity index (χ1n) is 2.88. The van der Waals surface area contributed by atoms with Crippen molar-refractivity contribution in [1.82, 2.24) is 4.90 Å². The zero-order valence-electron chi connectivity index (χ0n) is 6.03. The van der Waals surface area contributed by atoms with Gasteiger partial charge in [0.25, 0.3) is 0 Å². The van der Waals surface area contributed by atoms with Crippen LogP contribution >= 0.6 is 22.6 Å². The molecule has 0 aliphatic heterocycles. The van der Waals surface area contributed by atoms with Gasteiger partial charge in [0, 0.05) is 0 Å². The third-order valence-corrected chi connectivity index (χ3v) is 2.21. The van der Waals surface area contributed by atoms with Crippen LogP contribution in [0.25, 0.3) is 0 Å². The highest BCUT2D eigenvalue weighted by Crippen LogP contribution is 2.19. The number of nitrogens with zero attached hydrogens (tertiary/aromatic N) is 1. The number of rotatable bonds is 2. The van der Waals surface area contributed by atoms with Crippen molar-refractivity contribution < 1.29 is 0 Å². The summed E-state index contributed by atoms with van der Waals surface area (Å²) in [7, 11) is 2.13. The average molecular weight is 227 g/mol. The molecule has 0 N–H and O–H groups in total. The Labute approximate surface area is 65.6 Å². The first-order chi connectivity index (χ1) is 3.48. The van der Waals surface area contributed by atoms with Crippen LogP contribution in [0.2, 0.25) is 0 Å². The summed E-state index contributed by atoms with van der Waals surface area (Å²) in [5.41, 5.74) is 0. The first-order valence-corrected chi connectivity index (χ1v) is 3.96. The van der Waals surface area contributed by atoms with Crippen LogP contribution in [-0.4, -0.2) is 22.0 Å². The molecule has 0 amide bonds. The van der Waals surface area contributed by atoms with Crippen LogP contribution in [0, 0.1) is 0 Å². The molecule has 0 saturated carbocycles. The molecule has 0 aliphatic carbocycles. The lowest BCUT2D eigenvalue weighted by Gasteiger charge is -2.28. The lowest BCUT2D eigenvalue weighted by atomic mass is 10.3. The number of halogens is 1. The summed E-state index contributed by atoms with van der Waals surface area (Å²) in [6, 6.07) is 0. The van der Waals surface area contributed by atoms with E-state index in [0.717, 1.165) is 6.54 Å². The van der Waals surface area contributed by atoms with E-state index in [1.54, 1.807) is 0 Å². The van der Waals surface area contributed by atoms with Gasteiger partial charge in [-0.05, 0) is 27.4 Å². The molecule has 8 heavy (non-hydrogen) atoms. The topological polar surface area (TPSA) is 3.24 Å². The van der Waals surface area contributed by atoms with E-state index in [0.29, 0.717) is 3.55 Å². The SMILES string of the molecule is CCN(C)C(C)(C)I. The van der Waals surface area contributed by atoms with Crippen molar-refractivity contribution >= 4 is 22.6 Å². The molecule has 0 aromatic heterocycles. The molecule has 0 spiro atoms. The summed E-state index contributed by atoms with van der Waals surface area (Å²) < 4.78 is 0.312. The smallest absolute Gasteiger partial charge is 0.0670 e. The van der Waals surface area contributed by atoms with Gasteiger partial charge < -0.3 is 0 Å². The molecule has 0 rings (SSSR count). The minimum atomic E-state index is 0.312. The van der Waals surface area contributed by atoms with Crippen molar-refractivity contribution in [2.24, 2.45) is 0 Å². The van der Waals surface area contributed by atoms with Gasteiger partial charge in [-0.2, -0.15) is 0 Å².